The Morgan fingerprint density at radius 3 is 2.36 bits per heavy atom. The Hall–Kier alpha value is -4.85. The molecule has 6 aromatic rings. The summed E-state index contributed by atoms with van der Waals surface area (Å²) in [6.07, 6.45) is 4.83. The second-order valence-electron chi connectivity index (χ2n) is 8.62. The molecule has 36 heavy (non-hydrogen) atoms. The van der Waals surface area contributed by atoms with Crippen LogP contribution in [0.4, 0.5) is 4.39 Å². The second kappa shape index (κ2) is 8.42. The molecule has 6 rings (SSSR count). The molecule has 3 heterocycles. The first kappa shape index (κ1) is 21.7. The smallest absolute Gasteiger partial charge is 0.333 e. The summed E-state index contributed by atoms with van der Waals surface area (Å²) in [6, 6.07) is 20.4. The highest BCUT2D eigenvalue weighted by Gasteiger charge is 2.19. The van der Waals surface area contributed by atoms with Crippen LogP contribution in [0.5, 0.6) is 0 Å². The molecule has 0 unspecified atom stereocenters. The fourth-order valence-electron chi connectivity index (χ4n) is 4.46. The van der Waals surface area contributed by atoms with Gasteiger partial charge >= 0.3 is 5.69 Å². The van der Waals surface area contributed by atoms with Crippen LogP contribution in [0.25, 0.3) is 50.6 Å². The van der Waals surface area contributed by atoms with Crippen LogP contribution >= 0.6 is 0 Å². The summed E-state index contributed by atoms with van der Waals surface area (Å²) < 4.78 is 17.4. The summed E-state index contributed by atoms with van der Waals surface area (Å²) >= 11 is 0. The molecule has 0 aliphatic rings. The van der Waals surface area contributed by atoms with Gasteiger partial charge in [0.05, 0.1) is 33.7 Å². The van der Waals surface area contributed by atoms with Gasteiger partial charge in [0.15, 0.2) is 0 Å². The number of fused-ring (bicyclic) bond motifs is 1. The van der Waals surface area contributed by atoms with E-state index in [-0.39, 0.29) is 11.5 Å². The molecule has 0 amide bonds. The third kappa shape index (κ3) is 3.51. The molecule has 3 aromatic heterocycles. The van der Waals surface area contributed by atoms with E-state index in [0.717, 1.165) is 39.1 Å². The van der Waals surface area contributed by atoms with E-state index in [1.54, 1.807) is 47.6 Å². The quantitative estimate of drug-likeness (QED) is 0.375. The molecule has 7 nitrogen and oxygen atoms in total. The summed E-state index contributed by atoms with van der Waals surface area (Å²) in [7, 11) is 1.76. The molecule has 3 aromatic carbocycles. The largest absolute Gasteiger partial charge is 0.337 e. The van der Waals surface area contributed by atoms with E-state index in [2.05, 4.69) is 15.0 Å². The molecule has 0 atom stereocenters. The van der Waals surface area contributed by atoms with Crippen molar-refractivity contribution in [2.75, 3.05) is 0 Å². The topological polar surface area (TPSA) is 81.4 Å². The van der Waals surface area contributed by atoms with Gasteiger partial charge < -0.3 is 4.98 Å². The molecular formula is C28H21FN6O. The van der Waals surface area contributed by atoms with Gasteiger partial charge in [-0.2, -0.15) is 0 Å². The van der Waals surface area contributed by atoms with E-state index in [9.17, 15) is 9.18 Å². The third-order valence-corrected chi connectivity index (χ3v) is 6.33. The fraction of sp³-hybridized carbons (Fsp3) is 0.0714. The van der Waals surface area contributed by atoms with Crippen molar-refractivity contribution < 1.29 is 4.39 Å². The van der Waals surface area contributed by atoms with Gasteiger partial charge in [-0.05, 0) is 55.0 Å². The molecule has 0 spiro atoms. The SMILES string of the molecule is Cc1cc(-c2nc(-c3cncnc3)[nH]c2-c2ccc3c(c2)n(C)c(=O)n3-c2ccccc2)ccc1F. The molecule has 0 bridgehead atoms. The fourth-order valence-corrected chi connectivity index (χ4v) is 4.46. The normalized spacial score (nSPS) is 11.3. The van der Waals surface area contributed by atoms with Crippen molar-refractivity contribution in [3.63, 3.8) is 0 Å². The van der Waals surface area contributed by atoms with Crippen molar-refractivity contribution in [3.05, 3.63) is 107 Å². The van der Waals surface area contributed by atoms with Gasteiger partial charge in [-0.1, -0.05) is 24.3 Å². The summed E-state index contributed by atoms with van der Waals surface area (Å²) in [6.45, 7) is 1.73. The summed E-state index contributed by atoms with van der Waals surface area (Å²) in [5, 5.41) is 0. The first-order chi connectivity index (χ1) is 17.5. The number of halogens is 1. The number of nitrogens with one attached hydrogen (secondary N) is 1. The number of nitrogens with zero attached hydrogens (tertiary/aromatic N) is 5. The molecule has 176 valence electrons. The van der Waals surface area contributed by atoms with Gasteiger partial charge in [0.25, 0.3) is 0 Å². The maximum Gasteiger partial charge on any atom is 0.333 e. The third-order valence-electron chi connectivity index (χ3n) is 6.33. The number of aromatic nitrogens is 6. The predicted octanol–water partition coefficient (Wildman–Crippen LogP) is 5.29. The Labute approximate surface area is 205 Å². The van der Waals surface area contributed by atoms with Crippen molar-refractivity contribution in [3.8, 4) is 39.6 Å². The van der Waals surface area contributed by atoms with Crippen LogP contribution in [0.1, 0.15) is 5.56 Å². The number of rotatable bonds is 4. The van der Waals surface area contributed by atoms with Crippen LogP contribution < -0.4 is 5.69 Å². The number of para-hydroxylation sites is 1. The maximum atomic E-state index is 14.0. The predicted molar refractivity (Wildman–Crippen MR) is 137 cm³/mol. The van der Waals surface area contributed by atoms with Gasteiger partial charge in [0.2, 0.25) is 0 Å². The van der Waals surface area contributed by atoms with Crippen molar-refractivity contribution in [2.45, 2.75) is 6.92 Å². The molecule has 0 radical (unpaired) electrons. The number of hydrogen-bond acceptors (Lipinski definition) is 4. The highest BCUT2D eigenvalue weighted by atomic mass is 19.1. The van der Waals surface area contributed by atoms with E-state index in [1.807, 2.05) is 48.5 Å². The highest BCUT2D eigenvalue weighted by Crippen LogP contribution is 2.35. The van der Waals surface area contributed by atoms with E-state index in [1.165, 1.54) is 12.4 Å². The average Bonchev–Trinajstić information content (AvgIpc) is 3.46. The van der Waals surface area contributed by atoms with Gasteiger partial charge in [-0.15, -0.1) is 0 Å². The van der Waals surface area contributed by atoms with E-state index >= 15 is 0 Å². The second-order valence-corrected chi connectivity index (χ2v) is 8.62. The van der Waals surface area contributed by atoms with E-state index in [4.69, 9.17) is 4.98 Å². The first-order valence-electron chi connectivity index (χ1n) is 11.4. The molecule has 0 saturated carbocycles. The van der Waals surface area contributed by atoms with Crippen molar-refractivity contribution in [1.82, 2.24) is 29.1 Å². The Morgan fingerprint density at radius 2 is 1.61 bits per heavy atom. The molecule has 0 aliphatic heterocycles. The standard InChI is InChI=1S/C28H21FN6O/c1-17-12-18(8-10-22(17)29)25-26(33-27(32-25)20-14-30-16-31-15-20)19-9-11-23-24(13-19)34(2)28(36)35(23)21-6-4-3-5-7-21/h3-16H,1-2H3,(H,32,33). The number of imidazole rings is 2. The Bertz CT molecular complexity index is 1780. The summed E-state index contributed by atoms with van der Waals surface area (Å²) in [5.41, 5.74) is 6.55. The highest BCUT2D eigenvalue weighted by molar-refractivity contribution is 5.88. The van der Waals surface area contributed by atoms with E-state index in [0.29, 0.717) is 17.1 Å². The zero-order valence-electron chi connectivity index (χ0n) is 19.6. The summed E-state index contributed by atoms with van der Waals surface area (Å²) in [5.74, 6) is 0.324. The lowest BCUT2D eigenvalue weighted by atomic mass is 10.0. The van der Waals surface area contributed by atoms with Crippen LogP contribution in [0.15, 0.2) is 90.2 Å². The van der Waals surface area contributed by atoms with Crippen LogP contribution in [-0.2, 0) is 7.05 Å². The molecule has 0 fully saturated rings. The van der Waals surface area contributed by atoms with Gasteiger partial charge in [-0.25, -0.2) is 24.1 Å². The lowest BCUT2D eigenvalue weighted by Gasteiger charge is -2.07. The molecule has 0 aliphatic carbocycles. The number of H-pyrrole nitrogens is 1. The van der Waals surface area contributed by atoms with Crippen LogP contribution in [-0.4, -0.2) is 29.1 Å². The lowest BCUT2D eigenvalue weighted by Crippen LogP contribution is -2.20. The minimum Gasteiger partial charge on any atom is -0.337 e. The average molecular weight is 477 g/mol. The van der Waals surface area contributed by atoms with Crippen LogP contribution in [0, 0.1) is 12.7 Å². The molecule has 8 heteroatoms. The Morgan fingerprint density at radius 1 is 0.861 bits per heavy atom. The van der Waals surface area contributed by atoms with Crippen molar-refractivity contribution in [2.24, 2.45) is 7.05 Å². The first-order valence-corrected chi connectivity index (χ1v) is 11.4. The Balaban J connectivity index is 1.57. The maximum absolute atomic E-state index is 14.0. The number of aromatic amines is 1. The van der Waals surface area contributed by atoms with Gasteiger partial charge in [-0.3, -0.25) is 9.13 Å². The van der Waals surface area contributed by atoms with Crippen LogP contribution in [0.3, 0.4) is 0 Å². The van der Waals surface area contributed by atoms with Gasteiger partial charge in [0, 0.05) is 30.6 Å². The van der Waals surface area contributed by atoms with Crippen LogP contribution in [0.2, 0.25) is 0 Å². The number of aryl methyl sites for hydroxylation is 2. The minimum atomic E-state index is -0.272. The molecular weight excluding hydrogens is 455 g/mol. The number of hydrogen-bond donors (Lipinski definition) is 1. The zero-order valence-corrected chi connectivity index (χ0v) is 19.6. The number of benzene rings is 3. The minimum absolute atomic E-state index is 0.130. The summed E-state index contributed by atoms with van der Waals surface area (Å²) in [4.78, 5) is 29.6. The Kier molecular flexibility index (Phi) is 5.07. The zero-order chi connectivity index (χ0) is 24.8. The van der Waals surface area contributed by atoms with Gasteiger partial charge in [0.1, 0.15) is 18.0 Å². The molecule has 0 saturated heterocycles. The monoisotopic (exact) mass is 476 g/mol. The van der Waals surface area contributed by atoms with Crippen molar-refractivity contribution >= 4 is 11.0 Å². The molecule has 1 N–H and O–H groups in total. The lowest BCUT2D eigenvalue weighted by molar-refractivity contribution is 0.619. The van der Waals surface area contributed by atoms with Crippen molar-refractivity contribution in [1.29, 1.82) is 0 Å². The van der Waals surface area contributed by atoms with E-state index < -0.39 is 0 Å².